The van der Waals surface area contributed by atoms with Crippen molar-refractivity contribution in [1.29, 1.82) is 0 Å². The summed E-state index contributed by atoms with van der Waals surface area (Å²) in [6.07, 6.45) is -2.26. The molecule has 246 valence electrons. The van der Waals surface area contributed by atoms with E-state index >= 15 is 0 Å². The molecular weight excluding hydrogens is 668 g/mol. The fourth-order valence-corrected chi connectivity index (χ4v) is 8.32. The molecule has 1 saturated carbocycles. The third-order valence-electron chi connectivity index (χ3n) is 8.63. The van der Waals surface area contributed by atoms with Crippen molar-refractivity contribution in [3.8, 4) is 5.69 Å². The molecule has 0 saturated heterocycles. The van der Waals surface area contributed by atoms with Gasteiger partial charge in [0.05, 0.1) is 49.7 Å². The molecule has 2 aliphatic rings. The standard InChI is InChI=1S/C32H26ClF6N5O2S/c1-47(46,25-8-9-28(33)41-17-25)43(18-29(35)36)24-5-2-20-13-27-19(16-42-44(27)23-6-3-22(34)4-7-23)14-31(20,15-24)30(45)26-12-21(10-11-40-26)32(37,38)39/h3-4,6-13,16-17,24,29H,1-2,5,14-15,18H2/t24-,31-,47?/m0/s1. The quantitative estimate of drug-likeness (QED) is 0.0852. The minimum atomic E-state index is -4.75. The minimum absolute atomic E-state index is 0.0496. The molecule has 3 heterocycles. The van der Waals surface area contributed by atoms with E-state index < -0.39 is 63.2 Å². The smallest absolute Gasteiger partial charge is 0.291 e. The Kier molecular flexibility index (Phi) is 8.56. The molecule has 2 aliphatic carbocycles. The van der Waals surface area contributed by atoms with Crippen LogP contribution in [0.2, 0.25) is 5.15 Å². The minimum Gasteiger partial charge on any atom is -0.291 e. The summed E-state index contributed by atoms with van der Waals surface area (Å²) in [6, 6.07) is 8.83. The summed E-state index contributed by atoms with van der Waals surface area (Å²) in [5, 5.41) is 4.53. The van der Waals surface area contributed by atoms with Crippen molar-refractivity contribution in [1.82, 2.24) is 24.1 Å². The number of hydrogen-bond donors (Lipinski definition) is 0. The Morgan fingerprint density at radius 3 is 2.53 bits per heavy atom. The van der Waals surface area contributed by atoms with Gasteiger partial charge in [0.25, 0.3) is 6.43 Å². The number of aromatic nitrogens is 4. The average Bonchev–Trinajstić information content (AvgIpc) is 3.44. The Bertz CT molecular complexity index is 1960. The number of ketones is 1. The predicted octanol–water partition coefficient (Wildman–Crippen LogP) is 7.09. The Balaban J connectivity index is 1.47. The van der Waals surface area contributed by atoms with Gasteiger partial charge in [0, 0.05) is 18.4 Å². The van der Waals surface area contributed by atoms with E-state index in [0.717, 1.165) is 16.6 Å². The molecule has 0 bridgehead atoms. The molecule has 1 aromatic carbocycles. The monoisotopic (exact) mass is 693 g/mol. The highest BCUT2D eigenvalue weighted by molar-refractivity contribution is 7.98. The number of benzene rings is 1. The van der Waals surface area contributed by atoms with Gasteiger partial charge in [0.2, 0.25) is 0 Å². The SMILES string of the molecule is C=S(=O)(c1ccc(Cl)nc1)N(CC(F)F)[C@H]1CCC2=Cc3c(cnn3-c3ccc(F)cc3)C[C@]2(C(=O)c2cc(C(F)(F)F)ccn2)C1. The highest BCUT2D eigenvalue weighted by Gasteiger charge is 2.51. The van der Waals surface area contributed by atoms with Crippen LogP contribution in [0, 0.1) is 11.2 Å². The van der Waals surface area contributed by atoms with E-state index in [4.69, 9.17) is 11.6 Å². The summed E-state index contributed by atoms with van der Waals surface area (Å²) < 4.78 is 99.7. The van der Waals surface area contributed by atoms with Gasteiger partial charge in [0.1, 0.15) is 16.7 Å². The summed E-state index contributed by atoms with van der Waals surface area (Å²) in [5.41, 5.74) is -0.847. The van der Waals surface area contributed by atoms with E-state index in [9.17, 15) is 35.3 Å². The zero-order valence-electron chi connectivity index (χ0n) is 24.4. The van der Waals surface area contributed by atoms with Crippen molar-refractivity contribution in [3.63, 3.8) is 0 Å². The Hall–Kier alpha value is -4.01. The summed E-state index contributed by atoms with van der Waals surface area (Å²) >= 11 is 5.89. The number of hydrogen-bond acceptors (Lipinski definition) is 5. The fraction of sp³-hybridized carbons (Fsp3) is 0.281. The van der Waals surface area contributed by atoms with Gasteiger partial charge in [-0.25, -0.2) is 31.4 Å². The van der Waals surface area contributed by atoms with E-state index in [1.807, 2.05) is 0 Å². The first-order valence-electron chi connectivity index (χ1n) is 14.3. The second-order valence-corrected chi connectivity index (χ2v) is 14.1. The number of carbonyl (C=O) groups is 1. The Morgan fingerprint density at radius 1 is 1.13 bits per heavy atom. The van der Waals surface area contributed by atoms with Gasteiger partial charge in [-0.05, 0) is 91.7 Å². The molecule has 0 amide bonds. The van der Waals surface area contributed by atoms with Gasteiger partial charge in [-0.15, -0.1) is 0 Å². The topological polar surface area (TPSA) is 81.0 Å². The molecule has 1 unspecified atom stereocenters. The van der Waals surface area contributed by atoms with Crippen molar-refractivity contribution in [2.45, 2.75) is 49.2 Å². The van der Waals surface area contributed by atoms with Crippen molar-refractivity contribution < 1.29 is 35.3 Å². The van der Waals surface area contributed by atoms with Crippen molar-refractivity contribution in [2.24, 2.45) is 5.41 Å². The van der Waals surface area contributed by atoms with E-state index in [-0.39, 0.29) is 35.7 Å². The maximum Gasteiger partial charge on any atom is 0.416 e. The molecule has 15 heteroatoms. The lowest BCUT2D eigenvalue weighted by Gasteiger charge is -2.47. The first kappa shape index (κ1) is 32.9. The average molecular weight is 694 g/mol. The van der Waals surface area contributed by atoms with Gasteiger partial charge in [-0.1, -0.05) is 17.2 Å². The van der Waals surface area contributed by atoms with Crippen LogP contribution < -0.4 is 0 Å². The predicted molar refractivity (Wildman–Crippen MR) is 164 cm³/mol. The molecule has 0 spiro atoms. The van der Waals surface area contributed by atoms with Gasteiger partial charge < -0.3 is 0 Å². The van der Waals surface area contributed by atoms with Crippen molar-refractivity contribution in [3.05, 3.63) is 106 Å². The number of alkyl halides is 5. The number of carbonyl (C=O) groups excluding carboxylic acids is 1. The van der Waals surface area contributed by atoms with Crippen molar-refractivity contribution in [2.75, 3.05) is 6.54 Å². The van der Waals surface area contributed by atoms with E-state index in [1.165, 1.54) is 48.8 Å². The van der Waals surface area contributed by atoms with Crippen LogP contribution in [-0.2, 0) is 22.3 Å². The van der Waals surface area contributed by atoms with Crippen LogP contribution in [-0.4, -0.2) is 58.9 Å². The number of halogens is 7. The Morgan fingerprint density at radius 2 is 1.87 bits per heavy atom. The maximum atomic E-state index is 14.5. The summed E-state index contributed by atoms with van der Waals surface area (Å²) in [5.74, 6) is 2.62. The molecule has 0 radical (unpaired) electrons. The second kappa shape index (κ2) is 12.2. The van der Waals surface area contributed by atoms with E-state index in [0.29, 0.717) is 28.6 Å². The summed E-state index contributed by atoms with van der Waals surface area (Å²) in [6.45, 7) is -0.950. The number of fused-ring (bicyclic) bond motifs is 2. The second-order valence-electron chi connectivity index (χ2n) is 11.5. The van der Waals surface area contributed by atoms with Crippen LogP contribution in [0.3, 0.4) is 0 Å². The molecule has 3 atom stereocenters. The lowest BCUT2D eigenvalue weighted by molar-refractivity contribution is -0.137. The number of Topliss-reactive ketones (excluding diaryl/α,β-unsaturated/α-hetero) is 1. The number of rotatable bonds is 8. The number of nitrogens with zero attached hydrogens (tertiary/aromatic N) is 5. The number of allylic oxidation sites excluding steroid dienone is 1. The first-order valence-corrected chi connectivity index (χ1v) is 16.4. The lowest BCUT2D eigenvalue weighted by atomic mass is 9.60. The molecule has 7 nitrogen and oxygen atoms in total. The molecule has 0 N–H and O–H groups in total. The third kappa shape index (κ3) is 6.21. The molecule has 1 fully saturated rings. The molecule has 3 aromatic heterocycles. The van der Waals surface area contributed by atoms with Gasteiger partial charge in [0.15, 0.2) is 5.78 Å². The van der Waals surface area contributed by atoms with Crippen LogP contribution in [0.15, 0.2) is 77.6 Å². The first-order chi connectivity index (χ1) is 22.2. The zero-order valence-corrected chi connectivity index (χ0v) is 26.0. The molecule has 0 aliphatic heterocycles. The van der Waals surface area contributed by atoms with Gasteiger partial charge in [-0.3, -0.25) is 9.78 Å². The maximum absolute atomic E-state index is 14.5. The molecular formula is C32H26ClF6N5O2S. The van der Waals surface area contributed by atoms with Gasteiger partial charge >= 0.3 is 6.18 Å². The lowest BCUT2D eigenvalue weighted by Crippen LogP contribution is -2.51. The van der Waals surface area contributed by atoms with Crippen LogP contribution in [0.5, 0.6) is 0 Å². The van der Waals surface area contributed by atoms with E-state index in [2.05, 4.69) is 20.9 Å². The highest BCUT2D eigenvalue weighted by Crippen LogP contribution is 2.51. The normalized spacial score (nSPS) is 20.8. The third-order valence-corrected chi connectivity index (χ3v) is 11.0. The van der Waals surface area contributed by atoms with Crippen LogP contribution in [0.4, 0.5) is 26.3 Å². The number of pyridine rings is 2. The Labute approximate surface area is 271 Å². The van der Waals surface area contributed by atoms with Crippen molar-refractivity contribution >= 4 is 39.0 Å². The molecule has 47 heavy (non-hydrogen) atoms. The van der Waals surface area contributed by atoms with Crippen LogP contribution in [0.25, 0.3) is 11.8 Å². The highest BCUT2D eigenvalue weighted by atomic mass is 35.5. The molecule has 6 rings (SSSR count). The summed E-state index contributed by atoms with van der Waals surface area (Å²) in [7, 11) is -3.60. The van der Waals surface area contributed by atoms with Gasteiger partial charge in [-0.2, -0.15) is 18.3 Å². The largest absolute Gasteiger partial charge is 0.416 e. The zero-order chi connectivity index (χ0) is 33.7. The van der Waals surface area contributed by atoms with Crippen LogP contribution >= 0.6 is 11.6 Å². The molecule has 4 aromatic rings. The summed E-state index contributed by atoms with van der Waals surface area (Å²) in [4.78, 5) is 22.5. The fourth-order valence-electron chi connectivity index (χ4n) is 6.43. The van der Waals surface area contributed by atoms with E-state index in [1.54, 1.807) is 10.8 Å². The van der Waals surface area contributed by atoms with Crippen LogP contribution in [0.1, 0.15) is 46.6 Å².